The van der Waals surface area contributed by atoms with Crippen LogP contribution in [0.3, 0.4) is 0 Å². The molecule has 0 fully saturated rings. The van der Waals surface area contributed by atoms with Crippen molar-refractivity contribution in [3.05, 3.63) is 14.2 Å². The highest BCUT2D eigenvalue weighted by Gasteiger charge is 2.44. The molecule has 76 valence electrons. The van der Waals surface area contributed by atoms with Gasteiger partial charge in [0.15, 0.2) is 18.1 Å². The summed E-state index contributed by atoms with van der Waals surface area (Å²) in [5, 5.41) is 0. The van der Waals surface area contributed by atoms with E-state index >= 15 is 0 Å². The van der Waals surface area contributed by atoms with Gasteiger partial charge in [-0.15, -0.1) is 0 Å². The Morgan fingerprint density at radius 2 is 1.15 bits per heavy atom. The first-order valence-corrected chi connectivity index (χ1v) is 11.3. The molecule has 0 heterocycles. The van der Waals surface area contributed by atoms with E-state index in [2.05, 4.69) is 8.85 Å². The van der Waals surface area contributed by atoms with Gasteiger partial charge in [0.05, 0.1) is 0 Å². The van der Waals surface area contributed by atoms with Crippen LogP contribution in [0.15, 0.2) is 0 Å². The van der Waals surface area contributed by atoms with Crippen molar-refractivity contribution < 1.29 is 17.1 Å². The molecule has 4 radical (unpaired) electrons. The third-order valence-corrected chi connectivity index (χ3v) is 7.71. The summed E-state index contributed by atoms with van der Waals surface area (Å²) in [7, 11) is 4.26. The maximum atomic E-state index is 5.44. The molecular formula is C6H16O4Si3. The molecule has 0 saturated carbocycles. The Bertz CT molecular complexity index is 126. The first-order valence-electron chi connectivity index (χ1n) is 4.07. The lowest BCUT2D eigenvalue weighted by Gasteiger charge is -2.28. The molecule has 0 N–H and O–H groups in total. The molecule has 0 aromatic carbocycles. The molecule has 4 nitrogen and oxygen atoms in total. The van der Waals surface area contributed by atoms with Crippen LogP contribution in [-0.4, -0.2) is 27.1 Å². The molecule has 0 atom stereocenters. The van der Waals surface area contributed by atoms with Crippen LogP contribution in [0.5, 0.6) is 0 Å². The Labute approximate surface area is 85.1 Å². The third-order valence-electron chi connectivity index (χ3n) is 1.05. The molecule has 0 aromatic rings. The summed E-state index contributed by atoms with van der Waals surface area (Å²) in [4.78, 5) is 0. The zero-order valence-electron chi connectivity index (χ0n) is 8.44. The summed E-state index contributed by atoms with van der Waals surface area (Å²) in [6, 6.07) is 0. The quantitative estimate of drug-likeness (QED) is 0.639. The fraction of sp³-hybridized carbons (Fsp3) is 0.667. The molecule has 0 aromatic heterocycles. The number of rotatable bonds is 6. The topological polar surface area (TPSA) is 36.9 Å². The van der Waals surface area contributed by atoms with Crippen molar-refractivity contribution in [2.24, 2.45) is 0 Å². The van der Waals surface area contributed by atoms with Crippen molar-refractivity contribution >= 4 is 27.1 Å². The third kappa shape index (κ3) is 5.05. The summed E-state index contributed by atoms with van der Waals surface area (Å²) in [5.74, 6) is 0. The fourth-order valence-corrected chi connectivity index (χ4v) is 7.03. The largest absolute Gasteiger partial charge is 0.658 e. The van der Waals surface area contributed by atoms with E-state index in [1.54, 1.807) is 0 Å². The van der Waals surface area contributed by atoms with Gasteiger partial charge in [-0.3, -0.25) is 0 Å². The van der Waals surface area contributed by atoms with Crippen LogP contribution in [0.4, 0.5) is 0 Å². The first-order chi connectivity index (χ1) is 5.95. The Morgan fingerprint density at radius 1 is 0.846 bits per heavy atom. The zero-order valence-corrected chi connectivity index (χ0v) is 11.8. The molecule has 0 rings (SSSR count). The van der Waals surface area contributed by atoms with E-state index in [0.717, 1.165) is 0 Å². The van der Waals surface area contributed by atoms with Crippen LogP contribution in [-0.2, 0) is 17.1 Å². The van der Waals surface area contributed by atoms with Gasteiger partial charge < -0.3 is 17.1 Å². The average Bonchev–Trinajstić information content (AvgIpc) is 2.01. The van der Waals surface area contributed by atoms with Crippen LogP contribution in [0, 0.1) is 14.2 Å². The molecule has 0 aliphatic rings. The predicted molar refractivity (Wildman–Crippen MR) is 56.4 cm³/mol. The second-order valence-electron chi connectivity index (χ2n) is 3.07. The summed E-state index contributed by atoms with van der Waals surface area (Å²) in [6.07, 6.45) is 0. The molecule has 0 aliphatic heterocycles. The molecule has 0 saturated heterocycles. The van der Waals surface area contributed by atoms with Gasteiger partial charge >= 0.3 is 9.05 Å². The molecule has 0 unspecified atom stereocenters. The van der Waals surface area contributed by atoms with Gasteiger partial charge in [0, 0.05) is 0 Å². The van der Waals surface area contributed by atoms with Crippen LogP contribution in [0.1, 0.15) is 0 Å². The van der Waals surface area contributed by atoms with Gasteiger partial charge in [0.1, 0.15) is 14.2 Å². The summed E-state index contributed by atoms with van der Waals surface area (Å²) in [6.45, 7) is 7.85. The molecular weight excluding hydrogens is 220 g/mol. The number of hydrogen-bond donors (Lipinski definition) is 0. The SMILES string of the molecule is [CH]O[Si](O[CH])(O[SiH](C)C)O[SiH](C)C. The minimum absolute atomic E-state index is 1.34. The second-order valence-corrected chi connectivity index (χ2v) is 10.6. The Balaban J connectivity index is 4.30. The van der Waals surface area contributed by atoms with Crippen molar-refractivity contribution in [2.45, 2.75) is 26.2 Å². The van der Waals surface area contributed by atoms with Gasteiger partial charge in [0.25, 0.3) is 0 Å². The Hall–Kier alpha value is 0.491. The Morgan fingerprint density at radius 3 is 1.31 bits per heavy atom. The zero-order chi connectivity index (χ0) is 10.5. The second kappa shape index (κ2) is 6.06. The molecule has 0 bridgehead atoms. The van der Waals surface area contributed by atoms with Crippen LogP contribution in [0.25, 0.3) is 0 Å². The lowest BCUT2D eigenvalue weighted by Crippen LogP contribution is -2.51. The lowest BCUT2D eigenvalue weighted by molar-refractivity contribution is 0.112. The van der Waals surface area contributed by atoms with Crippen molar-refractivity contribution in [3.8, 4) is 0 Å². The highest BCUT2D eigenvalue weighted by molar-refractivity contribution is 6.71. The maximum Gasteiger partial charge on any atom is 0.658 e. The molecule has 13 heavy (non-hydrogen) atoms. The van der Waals surface area contributed by atoms with Crippen molar-refractivity contribution in [2.75, 3.05) is 0 Å². The highest BCUT2D eigenvalue weighted by atomic mass is 28.5. The van der Waals surface area contributed by atoms with Gasteiger partial charge in [-0.2, -0.15) is 0 Å². The molecule has 0 amide bonds. The van der Waals surface area contributed by atoms with Gasteiger partial charge in [0.2, 0.25) is 0 Å². The fourth-order valence-electron chi connectivity index (χ4n) is 0.744. The first kappa shape index (κ1) is 13.5. The normalized spacial score (nSPS) is 12.9. The summed E-state index contributed by atoms with van der Waals surface area (Å²) >= 11 is 0. The van der Waals surface area contributed by atoms with E-state index in [4.69, 9.17) is 22.4 Å². The standard InChI is InChI=1S/C6H16O4Si3/c1-7-13(8-2,9-11(3)4)10-12(5)6/h1-2,11-12H,3-6H3. The van der Waals surface area contributed by atoms with Crippen molar-refractivity contribution in [3.63, 3.8) is 0 Å². The van der Waals surface area contributed by atoms with E-state index in [1.165, 1.54) is 0 Å². The van der Waals surface area contributed by atoms with Gasteiger partial charge in [-0.25, -0.2) is 0 Å². The molecule has 7 heteroatoms. The highest BCUT2D eigenvalue weighted by Crippen LogP contribution is 2.13. The minimum Gasteiger partial charge on any atom is -0.398 e. The van der Waals surface area contributed by atoms with E-state index < -0.39 is 27.1 Å². The molecule has 0 aliphatic carbocycles. The lowest BCUT2D eigenvalue weighted by atomic mass is 11.8. The maximum absolute atomic E-state index is 5.44. The van der Waals surface area contributed by atoms with E-state index in [0.29, 0.717) is 0 Å². The smallest absolute Gasteiger partial charge is 0.398 e. The summed E-state index contributed by atoms with van der Waals surface area (Å²) < 4.78 is 20.1. The predicted octanol–water partition coefficient (Wildman–Crippen LogP) is 0.792. The molecule has 0 spiro atoms. The van der Waals surface area contributed by atoms with Crippen LogP contribution >= 0.6 is 0 Å². The monoisotopic (exact) mass is 236 g/mol. The average molecular weight is 236 g/mol. The van der Waals surface area contributed by atoms with E-state index in [-0.39, 0.29) is 0 Å². The van der Waals surface area contributed by atoms with Gasteiger partial charge in [-0.1, -0.05) is 0 Å². The van der Waals surface area contributed by atoms with Crippen molar-refractivity contribution in [1.29, 1.82) is 0 Å². The summed E-state index contributed by atoms with van der Waals surface area (Å²) in [5.41, 5.74) is 0. The van der Waals surface area contributed by atoms with Crippen LogP contribution < -0.4 is 0 Å². The van der Waals surface area contributed by atoms with Crippen molar-refractivity contribution in [1.82, 2.24) is 0 Å². The van der Waals surface area contributed by atoms with Crippen LogP contribution in [0.2, 0.25) is 26.2 Å². The Kier molecular flexibility index (Phi) is 6.29. The van der Waals surface area contributed by atoms with Gasteiger partial charge in [-0.05, 0) is 26.2 Å². The van der Waals surface area contributed by atoms with E-state index in [1.807, 2.05) is 26.2 Å². The van der Waals surface area contributed by atoms with E-state index in [9.17, 15) is 0 Å². The minimum atomic E-state index is -3.19. The number of hydrogen-bond acceptors (Lipinski definition) is 4.